The number of nitrogens with zero attached hydrogens (tertiary/aromatic N) is 5. The summed E-state index contributed by atoms with van der Waals surface area (Å²) in [5, 5.41) is 11.9. The molecule has 4 aromatic rings. The summed E-state index contributed by atoms with van der Waals surface area (Å²) in [6.45, 7) is 0.961. The van der Waals surface area contributed by atoms with Crippen LogP contribution in [0.1, 0.15) is 16.2 Å². The SMILES string of the molecule is COc1ccc(-n2nnc(C(=O)Nc3ccc4c(c3)OCCO4)c2CSc2ncccn2)cc1. The number of carbonyl (C=O) groups excluding carboxylic acids is 1. The number of amides is 1. The van der Waals surface area contributed by atoms with Gasteiger partial charge in [0.05, 0.1) is 18.5 Å². The minimum atomic E-state index is -0.388. The van der Waals surface area contributed by atoms with Crippen molar-refractivity contribution in [3.63, 3.8) is 0 Å². The highest BCUT2D eigenvalue weighted by Crippen LogP contribution is 2.33. The molecule has 0 fully saturated rings. The summed E-state index contributed by atoms with van der Waals surface area (Å²) in [6, 6.07) is 14.3. The summed E-state index contributed by atoms with van der Waals surface area (Å²) in [6.07, 6.45) is 3.34. The Kier molecular flexibility index (Phi) is 6.25. The average Bonchev–Trinajstić information content (AvgIpc) is 3.32. The molecule has 3 heterocycles. The molecule has 0 radical (unpaired) electrons. The van der Waals surface area contributed by atoms with E-state index in [-0.39, 0.29) is 11.6 Å². The summed E-state index contributed by atoms with van der Waals surface area (Å²) in [4.78, 5) is 21.7. The summed E-state index contributed by atoms with van der Waals surface area (Å²) >= 11 is 1.39. The van der Waals surface area contributed by atoms with Gasteiger partial charge in [-0.3, -0.25) is 4.79 Å². The van der Waals surface area contributed by atoms with Crippen LogP contribution < -0.4 is 19.5 Å². The molecule has 0 saturated heterocycles. The van der Waals surface area contributed by atoms with Crippen LogP contribution in [0.15, 0.2) is 66.1 Å². The van der Waals surface area contributed by atoms with Crippen LogP contribution >= 0.6 is 11.8 Å². The van der Waals surface area contributed by atoms with Crippen molar-refractivity contribution in [3.05, 3.63) is 72.3 Å². The maximum Gasteiger partial charge on any atom is 0.278 e. The number of anilines is 1. The third-order valence-corrected chi connectivity index (χ3v) is 5.86. The fourth-order valence-electron chi connectivity index (χ4n) is 3.34. The summed E-state index contributed by atoms with van der Waals surface area (Å²) < 4.78 is 18.0. The molecule has 2 aromatic carbocycles. The molecule has 0 bridgehead atoms. The number of methoxy groups -OCH3 is 1. The Balaban J connectivity index is 1.44. The Bertz CT molecular complexity index is 1300. The quantitative estimate of drug-likeness (QED) is 0.317. The van der Waals surface area contributed by atoms with E-state index < -0.39 is 0 Å². The Morgan fingerprint density at radius 3 is 2.62 bits per heavy atom. The van der Waals surface area contributed by atoms with Gasteiger partial charge in [-0.1, -0.05) is 17.0 Å². The largest absolute Gasteiger partial charge is 0.497 e. The van der Waals surface area contributed by atoms with Gasteiger partial charge in [0.25, 0.3) is 5.91 Å². The van der Waals surface area contributed by atoms with Gasteiger partial charge in [-0.25, -0.2) is 14.6 Å². The zero-order chi connectivity index (χ0) is 23.3. The first-order valence-corrected chi connectivity index (χ1v) is 11.4. The number of aromatic nitrogens is 5. The van der Waals surface area contributed by atoms with E-state index in [2.05, 4.69) is 25.6 Å². The van der Waals surface area contributed by atoms with Crippen molar-refractivity contribution in [3.8, 4) is 22.9 Å². The topological polar surface area (TPSA) is 113 Å². The van der Waals surface area contributed by atoms with E-state index in [4.69, 9.17) is 14.2 Å². The van der Waals surface area contributed by atoms with Gasteiger partial charge < -0.3 is 19.5 Å². The van der Waals surface area contributed by atoms with Crippen LogP contribution in [0, 0.1) is 0 Å². The summed E-state index contributed by atoms with van der Waals surface area (Å²) in [5.41, 5.74) is 2.13. The number of benzene rings is 2. The molecule has 0 atom stereocenters. The number of nitrogens with one attached hydrogen (secondary N) is 1. The molecule has 11 heteroatoms. The fourth-order valence-corrected chi connectivity index (χ4v) is 4.14. The van der Waals surface area contributed by atoms with Crippen LogP contribution in [-0.2, 0) is 5.75 Å². The first-order valence-electron chi connectivity index (χ1n) is 10.4. The predicted molar refractivity (Wildman–Crippen MR) is 125 cm³/mol. The molecule has 172 valence electrons. The molecule has 0 spiro atoms. The minimum absolute atomic E-state index is 0.203. The number of ether oxygens (including phenoxy) is 3. The Morgan fingerprint density at radius 1 is 1.09 bits per heavy atom. The van der Waals surface area contributed by atoms with Crippen LogP contribution in [0.4, 0.5) is 5.69 Å². The smallest absolute Gasteiger partial charge is 0.278 e. The molecule has 0 aliphatic carbocycles. The zero-order valence-corrected chi connectivity index (χ0v) is 19.0. The lowest BCUT2D eigenvalue weighted by Crippen LogP contribution is -2.17. The van der Waals surface area contributed by atoms with Crippen molar-refractivity contribution in [2.45, 2.75) is 10.9 Å². The molecule has 1 N–H and O–H groups in total. The number of carbonyl (C=O) groups is 1. The van der Waals surface area contributed by atoms with E-state index in [0.29, 0.717) is 52.8 Å². The Labute approximate surface area is 199 Å². The first kappa shape index (κ1) is 21.7. The highest BCUT2D eigenvalue weighted by Gasteiger charge is 2.22. The van der Waals surface area contributed by atoms with Crippen LogP contribution in [0.5, 0.6) is 17.2 Å². The number of hydrogen-bond acceptors (Lipinski definition) is 9. The predicted octanol–water partition coefficient (Wildman–Crippen LogP) is 3.38. The maximum atomic E-state index is 13.2. The van der Waals surface area contributed by atoms with Gasteiger partial charge in [0.2, 0.25) is 0 Å². The molecular weight excluding hydrogens is 456 g/mol. The second-order valence-corrected chi connectivity index (χ2v) is 8.07. The summed E-state index contributed by atoms with van der Waals surface area (Å²) in [7, 11) is 1.60. The van der Waals surface area contributed by atoms with E-state index >= 15 is 0 Å². The van der Waals surface area contributed by atoms with Gasteiger partial charge in [-0.15, -0.1) is 5.10 Å². The molecule has 5 rings (SSSR count). The number of rotatable bonds is 7. The van der Waals surface area contributed by atoms with Gasteiger partial charge in [0.15, 0.2) is 22.3 Å². The molecule has 1 amide bonds. The van der Waals surface area contributed by atoms with Crippen molar-refractivity contribution in [2.75, 3.05) is 25.6 Å². The number of hydrogen-bond donors (Lipinski definition) is 1. The van der Waals surface area contributed by atoms with Crippen LogP contribution in [-0.4, -0.2) is 51.2 Å². The fraction of sp³-hybridized carbons (Fsp3) is 0.174. The van der Waals surface area contributed by atoms with Crippen molar-refractivity contribution in [1.82, 2.24) is 25.0 Å². The molecular formula is C23H20N6O4S. The molecule has 1 aliphatic heterocycles. The van der Waals surface area contributed by atoms with Gasteiger partial charge in [-0.05, 0) is 42.5 Å². The first-order chi connectivity index (χ1) is 16.7. The molecule has 10 nitrogen and oxygen atoms in total. The normalized spacial score (nSPS) is 12.3. The van der Waals surface area contributed by atoms with Gasteiger partial charge >= 0.3 is 0 Å². The minimum Gasteiger partial charge on any atom is -0.497 e. The summed E-state index contributed by atoms with van der Waals surface area (Å²) in [5.74, 6) is 1.94. The Morgan fingerprint density at radius 2 is 1.85 bits per heavy atom. The molecule has 0 saturated carbocycles. The van der Waals surface area contributed by atoms with Crippen LogP contribution in [0.3, 0.4) is 0 Å². The molecule has 0 unspecified atom stereocenters. The standard InChI is InChI=1S/C23H20N6O4S/c1-31-17-6-4-16(5-7-17)29-18(14-34-23-24-9-2-10-25-23)21(27-28-29)22(30)26-15-3-8-19-20(13-15)33-12-11-32-19/h2-10,13H,11-12,14H2,1H3,(H,26,30). The van der Waals surface area contributed by atoms with Crippen molar-refractivity contribution in [1.29, 1.82) is 0 Å². The molecule has 1 aliphatic rings. The van der Waals surface area contributed by atoms with Gasteiger partial charge in [-0.2, -0.15) is 0 Å². The lowest BCUT2D eigenvalue weighted by Gasteiger charge is -2.18. The highest BCUT2D eigenvalue weighted by atomic mass is 32.2. The van der Waals surface area contributed by atoms with Crippen LogP contribution in [0.2, 0.25) is 0 Å². The van der Waals surface area contributed by atoms with Crippen molar-refractivity contribution < 1.29 is 19.0 Å². The van der Waals surface area contributed by atoms with E-state index in [1.165, 1.54) is 11.8 Å². The number of fused-ring (bicyclic) bond motifs is 1. The lowest BCUT2D eigenvalue weighted by atomic mass is 10.2. The van der Waals surface area contributed by atoms with Gasteiger partial charge in [0, 0.05) is 29.9 Å². The second kappa shape index (κ2) is 9.79. The monoisotopic (exact) mass is 476 g/mol. The third-order valence-electron chi connectivity index (χ3n) is 4.98. The lowest BCUT2D eigenvalue weighted by molar-refractivity contribution is 0.102. The van der Waals surface area contributed by atoms with Crippen LogP contribution in [0.25, 0.3) is 5.69 Å². The number of thioether (sulfide) groups is 1. The Hall–Kier alpha value is -4.12. The highest BCUT2D eigenvalue weighted by molar-refractivity contribution is 7.98. The van der Waals surface area contributed by atoms with E-state index in [9.17, 15) is 4.79 Å². The molecule has 2 aromatic heterocycles. The van der Waals surface area contributed by atoms with Crippen molar-refractivity contribution in [2.24, 2.45) is 0 Å². The van der Waals surface area contributed by atoms with E-state index in [1.54, 1.807) is 48.5 Å². The molecule has 34 heavy (non-hydrogen) atoms. The van der Waals surface area contributed by atoms with E-state index in [0.717, 1.165) is 5.69 Å². The zero-order valence-electron chi connectivity index (χ0n) is 18.2. The average molecular weight is 477 g/mol. The van der Waals surface area contributed by atoms with Gasteiger partial charge in [0.1, 0.15) is 19.0 Å². The van der Waals surface area contributed by atoms with Crippen molar-refractivity contribution >= 4 is 23.4 Å². The second-order valence-electron chi connectivity index (χ2n) is 7.13. The van der Waals surface area contributed by atoms with E-state index in [1.807, 2.05) is 24.3 Å². The maximum absolute atomic E-state index is 13.2. The third kappa shape index (κ3) is 4.64.